The molecular weight excluding hydrogens is 382 g/mol. The van der Waals surface area contributed by atoms with E-state index in [1.165, 1.54) is 24.3 Å². The van der Waals surface area contributed by atoms with Gasteiger partial charge in [-0.25, -0.2) is 4.90 Å². The molecule has 0 radical (unpaired) electrons. The Morgan fingerprint density at radius 2 is 1.53 bits per heavy atom. The Kier molecular flexibility index (Phi) is 4.63. The monoisotopic (exact) mass is 399 g/mol. The molecular formula is C23H17N3O4. The summed E-state index contributed by atoms with van der Waals surface area (Å²) in [5, 5.41) is 2.63. The Bertz CT molecular complexity index is 1230. The second kappa shape index (κ2) is 7.29. The fraction of sp³-hybridized carbons (Fsp3) is 0.0435. The van der Waals surface area contributed by atoms with Crippen LogP contribution in [0.25, 0.3) is 0 Å². The molecule has 0 saturated carbocycles. The zero-order valence-corrected chi connectivity index (χ0v) is 16.0. The molecule has 3 aromatic carbocycles. The van der Waals surface area contributed by atoms with Crippen molar-refractivity contribution < 1.29 is 19.2 Å². The quantitative estimate of drug-likeness (QED) is 0.657. The minimum Gasteiger partial charge on any atom is -0.366 e. The third-order valence-corrected chi connectivity index (χ3v) is 4.95. The van der Waals surface area contributed by atoms with E-state index in [2.05, 4.69) is 5.32 Å². The molecule has 3 N–H and O–H groups in total. The summed E-state index contributed by atoms with van der Waals surface area (Å²) in [5.74, 6) is -2.12. The van der Waals surface area contributed by atoms with E-state index in [9.17, 15) is 19.2 Å². The number of nitrogens with two attached hydrogens (primary N) is 1. The lowest BCUT2D eigenvalue weighted by Gasteiger charge is -2.16. The molecule has 0 fully saturated rings. The summed E-state index contributed by atoms with van der Waals surface area (Å²) in [6, 6.07) is 17.8. The van der Waals surface area contributed by atoms with Gasteiger partial charge in [0, 0.05) is 5.56 Å². The van der Waals surface area contributed by atoms with Crippen LogP contribution in [0.4, 0.5) is 11.4 Å². The molecule has 7 heteroatoms. The maximum absolute atomic E-state index is 12.9. The average Bonchev–Trinajstić information content (AvgIpc) is 2.98. The minimum absolute atomic E-state index is 0.152. The normalized spacial score (nSPS) is 12.6. The van der Waals surface area contributed by atoms with Gasteiger partial charge in [-0.3, -0.25) is 19.2 Å². The van der Waals surface area contributed by atoms with Gasteiger partial charge in [0.25, 0.3) is 23.6 Å². The molecule has 1 aliphatic rings. The second-order valence-electron chi connectivity index (χ2n) is 6.86. The van der Waals surface area contributed by atoms with Crippen molar-refractivity contribution in [2.75, 3.05) is 10.2 Å². The van der Waals surface area contributed by atoms with Crippen molar-refractivity contribution in [1.29, 1.82) is 0 Å². The lowest BCUT2D eigenvalue weighted by atomic mass is 10.0. The summed E-state index contributed by atoms with van der Waals surface area (Å²) in [4.78, 5) is 51.1. The highest BCUT2D eigenvalue weighted by Crippen LogP contribution is 2.31. The van der Waals surface area contributed by atoms with Crippen molar-refractivity contribution in [3.05, 3.63) is 94.5 Å². The number of imide groups is 1. The van der Waals surface area contributed by atoms with Crippen LogP contribution in [0.1, 0.15) is 47.0 Å². The van der Waals surface area contributed by atoms with Gasteiger partial charge in [0.2, 0.25) is 0 Å². The number of nitrogens with zero attached hydrogens (tertiary/aromatic N) is 1. The molecule has 1 heterocycles. The smallest absolute Gasteiger partial charge is 0.266 e. The summed E-state index contributed by atoms with van der Waals surface area (Å²) in [6.45, 7) is 1.81. The highest BCUT2D eigenvalue weighted by molar-refractivity contribution is 6.35. The molecule has 0 saturated heterocycles. The van der Waals surface area contributed by atoms with Gasteiger partial charge in [-0.1, -0.05) is 30.3 Å². The molecule has 0 spiro atoms. The third kappa shape index (κ3) is 3.12. The number of aryl methyl sites for hydroxylation is 1. The van der Waals surface area contributed by atoms with Gasteiger partial charge in [0.05, 0.1) is 28.1 Å². The number of carbonyl (C=O) groups is 4. The first kappa shape index (κ1) is 19.1. The molecule has 0 unspecified atom stereocenters. The summed E-state index contributed by atoms with van der Waals surface area (Å²) in [5.41, 5.74) is 7.63. The highest BCUT2D eigenvalue weighted by Gasteiger charge is 2.37. The van der Waals surface area contributed by atoms with Gasteiger partial charge in [0.1, 0.15) is 0 Å². The largest absolute Gasteiger partial charge is 0.366 e. The maximum Gasteiger partial charge on any atom is 0.266 e. The van der Waals surface area contributed by atoms with Gasteiger partial charge < -0.3 is 11.1 Å². The molecule has 0 aromatic heterocycles. The predicted molar refractivity (Wildman–Crippen MR) is 112 cm³/mol. The molecule has 148 valence electrons. The van der Waals surface area contributed by atoms with Crippen molar-refractivity contribution in [2.24, 2.45) is 5.73 Å². The molecule has 3 aromatic rings. The van der Waals surface area contributed by atoms with E-state index in [0.717, 1.165) is 10.5 Å². The minimum atomic E-state index is -0.672. The molecule has 0 atom stereocenters. The fourth-order valence-corrected chi connectivity index (χ4v) is 3.42. The lowest BCUT2D eigenvalue weighted by Crippen LogP contribution is -2.29. The van der Waals surface area contributed by atoms with Crippen molar-refractivity contribution in [3.63, 3.8) is 0 Å². The third-order valence-electron chi connectivity index (χ3n) is 4.95. The molecule has 4 amide bonds. The van der Waals surface area contributed by atoms with Crippen LogP contribution in [0.5, 0.6) is 0 Å². The number of anilines is 2. The van der Waals surface area contributed by atoms with Gasteiger partial charge in [-0.2, -0.15) is 0 Å². The number of carbonyl (C=O) groups excluding carboxylic acids is 4. The number of fused-ring (bicyclic) bond motifs is 1. The van der Waals surface area contributed by atoms with Crippen LogP contribution < -0.4 is 16.0 Å². The van der Waals surface area contributed by atoms with Crippen LogP contribution in [0.15, 0.2) is 66.7 Å². The van der Waals surface area contributed by atoms with Crippen LogP contribution >= 0.6 is 0 Å². The van der Waals surface area contributed by atoms with E-state index in [4.69, 9.17) is 5.73 Å². The van der Waals surface area contributed by atoms with Gasteiger partial charge >= 0.3 is 0 Å². The summed E-state index contributed by atoms with van der Waals surface area (Å²) >= 11 is 0. The topological polar surface area (TPSA) is 110 Å². The Morgan fingerprint density at radius 3 is 2.27 bits per heavy atom. The summed E-state index contributed by atoms with van der Waals surface area (Å²) in [6.07, 6.45) is 0. The molecule has 0 bridgehead atoms. The first-order valence-electron chi connectivity index (χ1n) is 9.17. The number of hydrogen-bond acceptors (Lipinski definition) is 4. The van der Waals surface area contributed by atoms with E-state index < -0.39 is 23.6 Å². The summed E-state index contributed by atoms with van der Waals surface area (Å²) < 4.78 is 0. The Hall–Kier alpha value is -4.26. The van der Waals surface area contributed by atoms with E-state index in [1.807, 2.05) is 19.1 Å². The Labute approximate surface area is 172 Å². The lowest BCUT2D eigenvalue weighted by molar-refractivity contribution is 0.0923. The van der Waals surface area contributed by atoms with Crippen LogP contribution in [-0.4, -0.2) is 23.6 Å². The molecule has 30 heavy (non-hydrogen) atoms. The second-order valence-corrected chi connectivity index (χ2v) is 6.86. The number of nitrogens with one attached hydrogen (secondary N) is 1. The number of rotatable bonds is 4. The number of hydrogen-bond donors (Lipinski definition) is 2. The number of para-hydroxylation sites is 2. The number of amides is 4. The zero-order chi connectivity index (χ0) is 21.4. The Morgan fingerprint density at radius 1 is 0.867 bits per heavy atom. The van der Waals surface area contributed by atoms with E-state index >= 15 is 0 Å². The van der Waals surface area contributed by atoms with E-state index in [1.54, 1.807) is 30.3 Å². The molecule has 4 rings (SSSR count). The van der Waals surface area contributed by atoms with Crippen LogP contribution in [0.2, 0.25) is 0 Å². The predicted octanol–water partition coefficient (Wildman–Crippen LogP) is 3.15. The first-order chi connectivity index (χ1) is 14.4. The van der Waals surface area contributed by atoms with E-state index in [-0.39, 0.29) is 27.9 Å². The average molecular weight is 399 g/mol. The molecule has 0 aliphatic carbocycles. The van der Waals surface area contributed by atoms with Gasteiger partial charge in [-0.15, -0.1) is 0 Å². The van der Waals surface area contributed by atoms with Crippen LogP contribution in [0, 0.1) is 6.92 Å². The number of primary amides is 1. The standard InChI is InChI=1S/C23H17N3O4/c1-13-6-2-5-9-19(13)26-22(29)15-11-10-14(12-17(15)23(26)30)21(28)25-18-8-4-3-7-16(18)20(24)27/h2-12H,1H3,(H2,24,27)(H,25,28). The first-order valence-corrected chi connectivity index (χ1v) is 9.17. The van der Waals surface area contributed by atoms with Crippen molar-refractivity contribution >= 4 is 35.0 Å². The van der Waals surface area contributed by atoms with Gasteiger partial charge in [-0.05, 0) is 48.9 Å². The fourth-order valence-electron chi connectivity index (χ4n) is 3.42. The molecule has 1 aliphatic heterocycles. The van der Waals surface area contributed by atoms with Crippen molar-refractivity contribution in [1.82, 2.24) is 0 Å². The SMILES string of the molecule is Cc1ccccc1N1C(=O)c2ccc(C(=O)Nc3ccccc3C(N)=O)cc2C1=O. The van der Waals surface area contributed by atoms with Crippen LogP contribution in [0.3, 0.4) is 0 Å². The van der Waals surface area contributed by atoms with Crippen molar-refractivity contribution in [2.45, 2.75) is 6.92 Å². The Balaban J connectivity index is 1.66. The summed E-state index contributed by atoms with van der Waals surface area (Å²) in [7, 11) is 0. The van der Waals surface area contributed by atoms with E-state index in [0.29, 0.717) is 5.69 Å². The zero-order valence-electron chi connectivity index (χ0n) is 16.0. The number of benzene rings is 3. The van der Waals surface area contributed by atoms with Gasteiger partial charge in [0.15, 0.2) is 0 Å². The maximum atomic E-state index is 12.9. The molecule has 7 nitrogen and oxygen atoms in total. The van der Waals surface area contributed by atoms with Crippen molar-refractivity contribution in [3.8, 4) is 0 Å². The van der Waals surface area contributed by atoms with Crippen LogP contribution in [-0.2, 0) is 0 Å². The highest BCUT2D eigenvalue weighted by atomic mass is 16.2.